The highest BCUT2D eigenvalue weighted by molar-refractivity contribution is 5.83. The lowest BCUT2D eigenvalue weighted by Gasteiger charge is -2.08. The van der Waals surface area contributed by atoms with E-state index in [0.29, 0.717) is 12.5 Å². The van der Waals surface area contributed by atoms with Gasteiger partial charge in [-0.1, -0.05) is 36.4 Å². The highest BCUT2D eigenvalue weighted by atomic mass is 15.1. The maximum atomic E-state index is 4.69. The van der Waals surface area contributed by atoms with Crippen LogP contribution in [0.4, 0.5) is 5.95 Å². The van der Waals surface area contributed by atoms with Crippen molar-refractivity contribution in [2.75, 3.05) is 5.32 Å². The molecule has 0 bridgehead atoms. The van der Waals surface area contributed by atoms with Crippen LogP contribution >= 0.6 is 0 Å². The predicted octanol–water partition coefficient (Wildman–Crippen LogP) is 5.67. The number of nitrogens with one attached hydrogen (secondary N) is 1. The van der Waals surface area contributed by atoms with E-state index in [9.17, 15) is 0 Å². The number of aromatic nitrogens is 4. The zero-order valence-corrected chi connectivity index (χ0v) is 17.2. The van der Waals surface area contributed by atoms with Gasteiger partial charge in [-0.05, 0) is 60.0 Å². The molecule has 0 aliphatic rings. The van der Waals surface area contributed by atoms with Gasteiger partial charge in [-0.2, -0.15) is 0 Å². The summed E-state index contributed by atoms with van der Waals surface area (Å²) in [6.07, 6.45) is 5.43. The summed E-state index contributed by atoms with van der Waals surface area (Å²) >= 11 is 0. The van der Waals surface area contributed by atoms with Gasteiger partial charge in [0.15, 0.2) is 0 Å². The van der Waals surface area contributed by atoms with E-state index in [1.807, 2.05) is 43.5 Å². The Morgan fingerprint density at radius 2 is 1.55 bits per heavy atom. The molecule has 0 unspecified atom stereocenters. The van der Waals surface area contributed by atoms with Gasteiger partial charge in [-0.3, -0.25) is 9.97 Å². The van der Waals surface area contributed by atoms with Crippen LogP contribution in [0.5, 0.6) is 0 Å². The molecule has 3 heterocycles. The molecule has 31 heavy (non-hydrogen) atoms. The van der Waals surface area contributed by atoms with Crippen LogP contribution in [0.1, 0.15) is 11.3 Å². The van der Waals surface area contributed by atoms with Crippen LogP contribution in [-0.2, 0) is 6.54 Å². The van der Waals surface area contributed by atoms with E-state index < -0.39 is 0 Å². The number of benzene rings is 2. The Morgan fingerprint density at radius 3 is 2.42 bits per heavy atom. The summed E-state index contributed by atoms with van der Waals surface area (Å²) in [6, 6.07) is 24.7. The molecule has 0 aliphatic carbocycles. The molecule has 0 spiro atoms. The number of anilines is 1. The van der Waals surface area contributed by atoms with E-state index in [4.69, 9.17) is 4.98 Å². The van der Waals surface area contributed by atoms with Crippen molar-refractivity contribution in [3.8, 4) is 22.4 Å². The fourth-order valence-corrected chi connectivity index (χ4v) is 3.56. The highest BCUT2D eigenvalue weighted by Gasteiger charge is 2.05. The second-order valence-corrected chi connectivity index (χ2v) is 7.41. The first kappa shape index (κ1) is 18.9. The molecule has 5 aromatic rings. The maximum Gasteiger partial charge on any atom is 0.223 e. The van der Waals surface area contributed by atoms with Crippen molar-refractivity contribution in [1.82, 2.24) is 19.9 Å². The predicted molar refractivity (Wildman–Crippen MR) is 125 cm³/mol. The first-order valence-corrected chi connectivity index (χ1v) is 10.2. The van der Waals surface area contributed by atoms with Crippen LogP contribution in [0.25, 0.3) is 33.3 Å². The van der Waals surface area contributed by atoms with E-state index in [1.54, 1.807) is 12.4 Å². The number of aryl methyl sites for hydroxylation is 1. The van der Waals surface area contributed by atoms with Gasteiger partial charge in [0, 0.05) is 41.8 Å². The van der Waals surface area contributed by atoms with Crippen LogP contribution in [0.15, 0.2) is 91.4 Å². The summed E-state index contributed by atoms with van der Waals surface area (Å²) in [6.45, 7) is 2.66. The van der Waals surface area contributed by atoms with Gasteiger partial charge in [0.05, 0.1) is 11.2 Å². The number of fused-ring (bicyclic) bond motifs is 1. The third-order valence-corrected chi connectivity index (χ3v) is 5.19. The van der Waals surface area contributed by atoms with Crippen molar-refractivity contribution in [2.45, 2.75) is 13.5 Å². The van der Waals surface area contributed by atoms with Gasteiger partial charge >= 0.3 is 0 Å². The fraction of sp³-hybridized carbons (Fsp3) is 0.0769. The lowest BCUT2D eigenvalue weighted by atomic mass is 10.0. The third-order valence-electron chi connectivity index (χ3n) is 5.19. The monoisotopic (exact) mass is 403 g/mol. The van der Waals surface area contributed by atoms with Crippen LogP contribution in [-0.4, -0.2) is 19.9 Å². The van der Waals surface area contributed by atoms with Crippen LogP contribution in [0.2, 0.25) is 0 Å². The van der Waals surface area contributed by atoms with Gasteiger partial charge in [0.25, 0.3) is 0 Å². The van der Waals surface area contributed by atoms with Crippen molar-refractivity contribution >= 4 is 16.9 Å². The third kappa shape index (κ3) is 4.26. The molecule has 0 saturated heterocycles. The zero-order valence-electron chi connectivity index (χ0n) is 17.2. The summed E-state index contributed by atoms with van der Waals surface area (Å²) in [5, 5.41) is 4.43. The molecule has 150 valence electrons. The zero-order chi connectivity index (χ0) is 21.0. The van der Waals surface area contributed by atoms with Gasteiger partial charge in [-0.25, -0.2) is 9.97 Å². The molecule has 0 atom stereocenters. The molecule has 5 nitrogen and oxygen atoms in total. The molecule has 0 fully saturated rings. The quantitative estimate of drug-likeness (QED) is 0.409. The normalized spacial score (nSPS) is 10.9. The molecule has 3 aromatic heterocycles. The lowest BCUT2D eigenvalue weighted by Crippen LogP contribution is -2.04. The highest BCUT2D eigenvalue weighted by Crippen LogP contribution is 2.23. The standard InChI is InChI=1S/C26H21N5/c1-18-15-21(10-13-27-18)20-6-4-19(5-7-20)17-30-26-29-14-11-25(31-26)23-8-9-24-22(16-23)3-2-12-28-24/h2-16H,17H2,1H3,(H,29,30,31). The minimum atomic E-state index is 0.609. The summed E-state index contributed by atoms with van der Waals surface area (Å²) < 4.78 is 0. The molecule has 0 amide bonds. The van der Waals surface area contributed by atoms with Gasteiger partial charge in [-0.15, -0.1) is 0 Å². The van der Waals surface area contributed by atoms with Crippen molar-refractivity contribution in [3.63, 3.8) is 0 Å². The second-order valence-electron chi connectivity index (χ2n) is 7.41. The Morgan fingerprint density at radius 1 is 0.710 bits per heavy atom. The van der Waals surface area contributed by atoms with Gasteiger partial charge in [0.1, 0.15) is 0 Å². The van der Waals surface area contributed by atoms with Crippen molar-refractivity contribution in [1.29, 1.82) is 0 Å². The molecule has 0 radical (unpaired) electrons. The lowest BCUT2D eigenvalue weighted by molar-refractivity contribution is 1.06. The summed E-state index contributed by atoms with van der Waals surface area (Å²) in [5.41, 5.74) is 7.44. The SMILES string of the molecule is Cc1cc(-c2ccc(CNc3nccc(-c4ccc5ncccc5c4)n3)cc2)ccn1. The number of nitrogens with zero attached hydrogens (tertiary/aromatic N) is 4. The summed E-state index contributed by atoms with van der Waals surface area (Å²) in [4.78, 5) is 17.7. The molecule has 2 aromatic carbocycles. The number of rotatable bonds is 5. The molecular formula is C26H21N5. The molecule has 0 saturated carbocycles. The van der Waals surface area contributed by atoms with Gasteiger partial charge < -0.3 is 5.32 Å². The molecule has 0 aliphatic heterocycles. The van der Waals surface area contributed by atoms with E-state index in [1.165, 1.54) is 16.7 Å². The minimum Gasteiger partial charge on any atom is -0.350 e. The second kappa shape index (κ2) is 8.32. The number of pyridine rings is 2. The number of hydrogen-bond acceptors (Lipinski definition) is 5. The Bertz CT molecular complexity index is 1350. The van der Waals surface area contributed by atoms with Crippen molar-refractivity contribution in [2.24, 2.45) is 0 Å². The number of hydrogen-bond donors (Lipinski definition) is 1. The van der Waals surface area contributed by atoms with E-state index in [0.717, 1.165) is 27.9 Å². The Hall–Kier alpha value is -4.12. The topological polar surface area (TPSA) is 63.6 Å². The Labute approximate surface area is 180 Å². The summed E-state index contributed by atoms with van der Waals surface area (Å²) in [7, 11) is 0. The van der Waals surface area contributed by atoms with Gasteiger partial charge in [0.2, 0.25) is 5.95 Å². The van der Waals surface area contributed by atoms with Crippen LogP contribution in [0, 0.1) is 6.92 Å². The average molecular weight is 403 g/mol. The van der Waals surface area contributed by atoms with Crippen molar-refractivity contribution in [3.05, 3.63) is 103 Å². The van der Waals surface area contributed by atoms with Crippen LogP contribution < -0.4 is 5.32 Å². The fourth-order valence-electron chi connectivity index (χ4n) is 3.56. The first-order valence-electron chi connectivity index (χ1n) is 10.2. The first-order chi connectivity index (χ1) is 15.2. The summed E-state index contributed by atoms with van der Waals surface area (Å²) in [5.74, 6) is 0.609. The van der Waals surface area contributed by atoms with E-state index in [2.05, 4.69) is 62.7 Å². The molecular weight excluding hydrogens is 382 g/mol. The van der Waals surface area contributed by atoms with Crippen molar-refractivity contribution < 1.29 is 0 Å². The molecule has 5 heteroatoms. The van der Waals surface area contributed by atoms with Crippen LogP contribution in [0.3, 0.4) is 0 Å². The Kier molecular flexibility index (Phi) is 5.07. The molecule has 1 N–H and O–H groups in total. The smallest absolute Gasteiger partial charge is 0.223 e. The largest absolute Gasteiger partial charge is 0.350 e. The minimum absolute atomic E-state index is 0.609. The molecule has 5 rings (SSSR count). The van der Waals surface area contributed by atoms with E-state index in [-0.39, 0.29) is 0 Å². The average Bonchev–Trinajstić information content (AvgIpc) is 2.83. The Balaban J connectivity index is 1.30. The van der Waals surface area contributed by atoms with E-state index >= 15 is 0 Å². The maximum absolute atomic E-state index is 4.69.